The van der Waals surface area contributed by atoms with E-state index in [1.54, 1.807) is 0 Å². The van der Waals surface area contributed by atoms with Gasteiger partial charge in [0.05, 0.1) is 0 Å². The van der Waals surface area contributed by atoms with Gasteiger partial charge in [0.1, 0.15) is 0 Å². The largest absolute Gasteiger partial charge is 0.731 e. The Morgan fingerprint density at radius 3 is 0.906 bits per heavy atom. The van der Waals surface area contributed by atoms with Crippen LogP contribution in [0.1, 0.15) is 55.6 Å². The zero-order valence-corrected chi connectivity index (χ0v) is 29.7. The molecule has 0 heterocycles. The van der Waals surface area contributed by atoms with Crippen molar-refractivity contribution in [3.05, 3.63) is 55.6 Å². The molecule has 2 aromatic carbocycles. The van der Waals surface area contributed by atoms with E-state index >= 15 is 0 Å². The minimum Gasteiger partial charge on any atom is -0.731 e. The molecule has 180 valence electrons. The Hall–Kier alpha value is 1.80. The molecule has 0 bridgehead atoms. The first-order valence-corrected chi connectivity index (χ1v) is 12.1. The molecule has 0 fully saturated rings. The van der Waals surface area contributed by atoms with Crippen LogP contribution in [0, 0.1) is 69.2 Å². The number of hydrogen-bond donors (Lipinski definition) is 0. The normalized spacial score (nSPS) is 9.22. The van der Waals surface area contributed by atoms with Crippen molar-refractivity contribution < 1.29 is 40.8 Å². The molecule has 32 heavy (non-hydrogen) atoms. The molecule has 0 nitrogen and oxygen atoms in total. The predicted molar refractivity (Wildman–Crippen MR) is 149 cm³/mol. The Morgan fingerprint density at radius 2 is 0.781 bits per heavy atom. The summed E-state index contributed by atoms with van der Waals surface area (Å²) < 4.78 is 0. The SMILES string of the molecule is C[c-]1[c-](C)[c-](C)[c-](C)[c-]1C.Cc1c(C)c(C)[c-](C)c1C.Cl[B]B(Cl)B(Cl)B(Cl)[B]Cl.[Re].[Re]. The summed E-state index contributed by atoms with van der Waals surface area (Å²) >= 11 is 27.5. The Kier molecular flexibility index (Phi) is 21.7. The van der Waals surface area contributed by atoms with Gasteiger partial charge in [-0.05, 0) is 0 Å². The third kappa shape index (κ3) is 10.4. The average Bonchev–Trinajstić information content (AvgIpc) is 3.02. The van der Waals surface area contributed by atoms with Crippen LogP contribution in [0.15, 0.2) is 0 Å². The summed E-state index contributed by atoms with van der Waals surface area (Å²) in [6.45, 7) is 24.5. The summed E-state index contributed by atoms with van der Waals surface area (Å²) in [6, 6.07) is 0. The average molecular weight is 874 g/mol. The molecule has 2 aromatic rings. The first kappa shape index (κ1) is 38.3. The van der Waals surface area contributed by atoms with Gasteiger partial charge >= 0.3 is 0 Å². The molecule has 0 N–H and O–H groups in total. The molecular weight excluding hydrogens is 844 g/mol. The van der Waals surface area contributed by atoms with Gasteiger partial charge in [-0.2, -0.15) is 27.8 Å². The first-order chi connectivity index (χ1) is 13.7. The van der Waals surface area contributed by atoms with E-state index in [9.17, 15) is 0 Å². The van der Waals surface area contributed by atoms with E-state index in [4.69, 9.17) is 57.3 Å². The molecule has 12 heteroatoms. The van der Waals surface area contributed by atoms with Crippen LogP contribution in [-0.4, -0.2) is 30.9 Å². The summed E-state index contributed by atoms with van der Waals surface area (Å²) in [7, 11) is 0. The van der Waals surface area contributed by atoms with Crippen LogP contribution in [0.4, 0.5) is 0 Å². The Balaban J connectivity index is -0.000000382. The fourth-order valence-corrected chi connectivity index (χ4v) is 4.12. The molecule has 0 aliphatic heterocycles. The number of rotatable bonds is 4. The van der Waals surface area contributed by atoms with E-state index in [2.05, 4.69) is 69.2 Å². The number of halogens is 5. The van der Waals surface area contributed by atoms with Crippen molar-refractivity contribution in [3.63, 3.8) is 0 Å². The third-order valence-electron chi connectivity index (χ3n) is 6.47. The van der Waals surface area contributed by atoms with Crippen LogP contribution >= 0.6 is 57.3 Å². The summed E-state index contributed by atoms with van der Waals surface area (Å²) in [5, 5.41) is 0. The second kappa shape index (κ2) is 18.1. The Bertz CT molecular complexity index is 600. The fourth-order valence-electron chi connectivity index (χ4n) is 3.13. The van der Waals surface area contributed by atoms with Crippen molar-refractivity contribution in [1.82, 2.24) is 0 Å². The molecule has 0 amide bonds. The zero-order chi connectivity index (χ0) is 23.9. The standard InChI is InChI=1S/2C10H15.B5Cl5.2Re/c2*1-6-7(2)9(4)10(5)8(6)3;6-1-3(8)5(10)4(9)2-7;;/h2*1-5H3;;;/q-5;-1;;;. The molecule has 0 aliphatic carbocycles. The van der Waals surface area contributed by atoms with Gasteiger partial charge in [-0.15, -0.1) is 0 Å². The maximum Gasteiger partial charge on any atom is 0.214 e. The minimum atomic E-state index is -0.474. The van der Waals surface area contributed by atoms with Crippen LogP contribution in [0.5, 0.6) is 0 Å². The van der Waals surface area contributed by atoms with E-state index in [-0.39, 0.29) is 40.8 Å². The van der Waals surface area contributed by atoms with Crippen LogP contribution < -0.4 is 0 Å². The molecular formula is C20H30B5Cl5Re2-6. The van der Waals surface area contributed by atoms with Gasteiger partial charge in [-0.1, -0.05) is 34.6 Å². The van der Waals surface area contributed by atoms with Gasteiger partial charge in [0.25, 0.3) is 0 Å². The Labute approximate surface area is 251 Å². The van der Waals surface area contributed by atoms with Crippen molar-refractivity contribution >= 4 is 88.2 Å². The maximum atomic E-state index is 5.69. The van der Waals surface area contributed by atoms with Crippen molar-refractivity contribution in [2.45, 2.75) is 69.2 Å². The van der Waals surface area contributed by atoms with Gasteiger partial charge in [0.2, 0.25) is 30.9 Å². The van der Waals surface area contributed by atoms with Crippen molar-refractivity contribution in [2.75, 3.05) is 0 Å². The molecule has 0 aliphatic rings. The fraction of sp³-hybridized carbons (Fsp3) is 0.500. The van der Waals surface area contributed by atoms with Gasteiger partial charge in [-0.25, -0.2) is 91.9 Å². The van der Waals surface area contributed by atoms with Crippen molar-refractivity contribution in [3.8, 4) is 0 Å². The monoisotopic (exact) mass is 874 g/mol. The zero-order valence-electron chi connectivity index (χ0n) is 20.5. The second-order valence-electron chi connectivity index (χ2n) is 7.84. The van der Waals surface area contributed by atoms with Crippen molar-refractivity contribution in [2.24, 2.45) is 0 Å². The van der Waals surface area contributed by atoms with E-state index in [0.717, 1.165) is 0 Å². The molecule has 0 aromatic heterocycles. The maximum absolute atomic E-state index is 5.69. The molecule has 2 rings (SSSR count). The first-order valence-electron chi connectivity index (χ1n) is 9.92. The van der Waals surface area contributed by atoms with E-state index < -0.39 is 17.7 Å². The van der Waals surface area contributed by atoms with Crippen molar-refractivity contribution in [1.29, 1.82) is 0 Å². The second-order valence-corrected chi connectivity index (χ2v) is 9.85. The molecule has 0 unspecified atom stereocenters. The van der Waals surface area contributed by atoms with Crippen LogP contribution in [0.3, 0.4) is 0 Å². The van der Waals surface area contributed by atoms with Crippen LogP contribution in [0.25, 0.3) is 0 Å². The predicted octanol–water partition coefficient (Wildman–Crippen LogP) is 7.43. The van der Waals surface area contributed by atoms with Crippen LogP contribution in [-0.2, 0) is 40.8 Å². The topological polar surface area (TPSA) is 0 Å². The minimum absolute atomic E-state index is 0. The smallest absolute Gasteiger partial charge is 0.214 e. The van der Waals surface area contributed by atoms with Gasteiger partial charge in [0, 0.05) is 40.8 Å². The Morgan fingerprint density at radius 1 is 0.562 bits per heavy atom. The summed E-state index contributed by atoms with van der Waals surface area (Å²) in [5.74, 6) is -1.42. The summed E-state index contributed by atoms with van der Waals surface area (Å²) in [6.07, 6.45) is 0. The summed E-state index contributed by atoms with van der Waals surface area (Å²) in [4.78, 5) is 0. The van der Waals surface area contributed by atoms with Crippen LogP contribution in [0.2, 0.25) is 0 Å². The molecule has 0 spiro atoms. The number of hydrogen-bond acceptors (Lipinski definition) is 0. The van der Waals surface area contributed by atoms with Gasteiger partial charge in [-0.3, -0.25) is 0 Å². The quantitative estimate of drug-likeness (QED) is 0.222. The van der Waals surface area contributed by atoms with Gasteiger partial charge in [0.15, 0.2) is 0 Å². The molecule has 0 saturated heterocycles. The van der Waals surface area contributed by atoms with E-state index in [0.29, 0.717) is 0 Å². The summed E-state index contributed by atoms with van der Waals surface area (Å²) in [5.41, 5.74) is 14.7. The van der Waals surface area contributed by atoms with Gasteiger partial charge < -0.3 is 27.8 Å². The van der Waals surface area contributed by atoms with E-state index in [1.807, 2.05) is 0 Å². The molecule has 0 atom stereocenters. The molecule has 4 radical (unpaired) electrons. The molecule has 0 saturated carbocycles. The van der Waals surface area contributed by atoms with E-state index in [1.165, 1.54) is 68.8 Å². The third-order valence-corrected chi connectivity index (χ3v) is 8.87.